The third kappa shape index (κ3) is 4.53. The van der Waals surface area contributed by atoms with Gasteiger partial charge in [-0.15, -0.1) is 0 Å². The maximum atomic E-state index is 12.6. The first-order valence-electron chi connectivity index (χ1n) is 8.53. The molecule has 144 valence electrons. The Balaban J connectivity index is 1.77. The second-order valence-corrected chi connectivity index (χ2v) is 6.47. The van der Waals surface area contributed by atoms with E-state index in [4.69, 9.17) is 21.1 Å². The Kier molecular flexibility index (Phi) is 6.01. The second kappa shape index (κ2) is 8.63. The lowest BCUT2D eigenvalue weighted by atomic mass is 10.2. The van der Waals surface area contributed by atoms with Gasteiger partial charge in [0.05, 0.1) is 14.2 Å². The molecule has 0 bridgehead atoms. The number of hydrogen-bond donors (Lipinski definition) is 2. The second-order valence-electron chi connectivity index (χ2n) is 6.04. The van der Waals surface area contributed by atoms with E-state index in [1.807, 2.05) is 19.1 Å². The van der Waals surface area contributed by atoms with Crippen LogP contribution in [0.25, 0.3) is 0 Å². The van der Waals surface area contributed by atoms with Crippen molar-refractivity contribution in [3.63, 3.8) is 0 Å². The molecule has 0 spiro atoms. The molecule has 2 N–H and O–H groups in total. The predicted molar refractivity (Wildman–Crippen MR) is 111 cm³/mol. The minimum Gasteiger partial charge on any atom is -0.493 e. The summed E-state index contributed by atoms with van der Waals surface area (Å²) < 4.78 is 10.5. The Morgan fingerprint density at radius 1 is 1.00 bits per heavy atom. The molecule has 0 aliphatic rings. The van der Waals surface area contributed by atoms with Crippen LogP contribution in [0.2, 0.25) is 5.02 Å². The number of carbonyl (C=O) groups is 1. The third-order valence-corrected chi connectivity index (χ3v) is 4.35. The van der Waals surface area contributed by atoms with Crippen molar-refractivity contribution in [1.29, 1.82) is 0 Å². The number of benzene rings is 2. The molecule has 28 heavy (non-hydrogen) atoms. The fourth-order valence-electron chi connectivity index (χ4n) is 2.66. The van der Waals surface area contributed by atoms with Gasteiger partial charge < -0.3 is 20.1 Å². The number of aromatic nitrogens is 1. The van der Waals surface area contributed by atoms with Gasteiger partial charge in [-0.25, -0.2) is 4.98 Å². The van der Waals surface area contributed by atoms with Crippen LogP contribution >= 0.6 is 11.6 Å². The van der Waals surface area contributed by atoms with Crippen molar-refractivity contribution in [1.82, 2.24) is 4.98 Å². The number of nitrogens with one attached hydrogen (secondary N) is 2. The van der Waals surface area contributed by atoms with Crippen LogP contribution in [0.3, 0.4) is 0 Å². The van der Waals surface area contributed by atoms with Crippen LogP contribution in [0.15, 0.2) is 54.7 Å². The molecule has 1 heterocycles. The average molecular weight is 398 g/mol. The van der Waals surface area contributed by atoms with Crippen molar-refractivity contribution in [2.75, 3.05) is 24.9 Å². The van der Waals surface area contributed by atoms with Crippen LogP contribution in [0.1, 0.15) is 15.9 Å². The van der Waals surface area contributed by atoms with Crippen LogP contribution in [-0.4, -0.2) is 25.1 Å². The minimum absolute atomic E-state index is 0.259. The summed E-state index contributed by atoms with van der Waals surface area (Å²) in [5, 5.41) is 6.72. The van der Waals surface area contributed by atoms with E-state index in [-0.39, 0.29) is 5.91 Å². The van der Waals surface area contributed by atoms with E-state index < -0.39 is 0 Å². The number of aryl methyl sites for hydroxylation is 1. The van der Waals surface area contributed by atoms with Crippen LogP contribution < -0.4 is 20.1 Å². The number of nitrogens with zero attached hydrogens (tertiary/aromatic N) is 1. The Labute approximate surface area is 168 Å². The molecule has 3 aromatic rings. The summed E-state index contributed by atoms with van der Waals surface area (Å²) in [5.74, 6) is 1.43. The van der Waals surface area contributed by atoms with Crippen molar-refractivity contribution in [2.45, 2.75) is 6.92 Å². The van der Waals surface area contributed by atoms with E-state index in [0.29, 0.717) is 33.6 Å². The van der Waals surface area contributed by atoms with Crippen molar-refractivity contribution >= 4 is 34.7 Å². The number of halogens is 1. The van der Waals surface area contributed by atoms with Gasteiger partial charge in [0.25, 0.3) is 5.91 Å². The number of pyridine rings is 1. The molecule has 0 radical (unpaired) electrons. The summed E-state index contributed by atoms with van der Waals surface area (Å²) in [7, 11) is 3.10. The molecule has 1 aromatic heterocycles. The lowest BCUT2D eigenvalue weighted by Crippen LogP contribution is -2.12. The van der Waals surface area contributed by atoms with Gasteiger partial charge in [-0.2, -0.15) is 0 Å². The van der Waals surface area contributed by atoms with Crippen LogP contribution in [0, 0.1) is 6.92 Å². The molecule has 7 heteroatoms. The fraction of sp³-hybridized carbons (Fsp3) is 0.143. The largest absolute Gasteiger partial charge is 0.493 e. The van der Waals surface area contributed by atoms with Gasteiger partial charge in [-0.1, -0.05) is 11.6 Å². The summed E-state index contributed by atoms with van der Waals surface area (Å²) in [6, 6.07) is 14.0. The minimum atomic E-state index is -0.259. The molecule has 0 atom stereocenters. The average Bonchev–Trinajstić information content (AvgIpc) is 2.70. The monoisotopic (exact) mass is 397 g/mol. The van der Waals surface area contributed by atoms with Crippen molar-refractivity contribution < 1.29 is 14.3 Å². The molecule has 6 nitrogen and oxygen atoms in total. The molecular weight excluding hydrogens is 378 g/mol. The number of amides is 1. The van der Waals surface area contributed by atoms with Crippen LogP contribution in [-0.2, 0) is 0 Å². The van der Waals surface area contributed by atoms with E-state index in [1.165, 1.54) is 0 Å². The van der Waals surface area contributed by atoms with Crippen molar-refractivity contribution in [2.24, 2.45) is 0 Å². The zero-order chi connectivity index (χ0) is 20.1. The quantitative estimate of drug-likeness (QED) is 0.608. The molecule has 2 aromatic carbocycles. The van der Waals surface area contributed by atoms with Crippen LogP contribution in [0.5, 0.6) is 11.5 Å². The Hall–Kier alpha value is -3.25. The Morgan fingerprint density at radius 3 is 2.50 bits per heavy atom. The highest BCUT2D eigenvalue weighted by molar-refractivity contribution is 6.30. The Morgan fingerprint density at radius 2 is 1.79 bits per heavy atom. The number of methoxy groups -OCH3 is 2. The van der Waals surface area contributed by atoms with Gasteiger partial charge >= 0.3 is 0 Å². The molecule has 0 aliphatic carbocycles. The van der Waals surface area contributed by atoms with Crippen molar-refractivity contribution in [3.8, 4) is 11.5 Å². The number of carbonyl (C=O) groups excluding carboxylic acids is 1. The molecule has 0 fully saturated rings. The van der Waals surface area contributed by atoms with Gasteiger partial charge in [-0.05, 0) is 55.0 Å². The summed E-state index contributed by atoms with van der Waals surface area (Å²) in [4.78, 5) is 16.9. The molecule has 3 rings (SSSR count). The fourth-order valence-corrected chi connectivity index (χ4v) is 2.89. The smallest absolute Gasteiger partial charge is 0.255 e. The molecule has 0 saturated carbocycles. The predicted octanol–water partition coefficient (Wildman–Crippen LogP) is 5.06. The number of ether oxygens (including phenoxy) is 2. The normalized spacial score (nSPS) is 10.3. The molecule has 0 aliphatic heterocycles. The van der Waals surface area contributed by atoms with E-state index in [0.717, 1.165) is 11.3 Å². The first-order chi connectivity index (χ1) is 13.5. The molecule has 1 amide bonds. The summed E-state index contributed by atoms with van der Waals surface area (Å²) >= 11 is 5.99. The van der Waals surface area contributed by atoms with Gasteiger partial charge in [0, 0.05) is 34.2 Å². The highest BCUT2D eigenvalue weighted by Gasteiger charge is 2.11. The summed E-state index contributed by atoms with van der Waals surface area (Å²) in [5.41, 5.74) is 2.92. The number of rotatable bonds is 6. The highest BCUT2D eigenvalue weighted by Crippen LogP contribution is 2.30. The third-order valence-electron chi connectivity index (χ3n) is 4.11. The molecular formula is C21H20ClN3O3. The maximum absolute atomic E-state index is 12.6. The first kappa shape index (κ1) is 19.5. The summed E-state index contributed by atoms with van der Waals surface area (Å²) in [6.07, 6.45) is 1.58. The van der Waals surface area contributed by atoms with Gasteiger partial charge in [0.2, 0.25) is 0 Å². The Bertz CT molecular complexity index is 1010. The topological polar surface area (TPSA) is 72.5 Å². The lowest BCUT2D eigenvalue weighted by Gasteiger charge is -2.12. The van der Waals surface area contributed by atoms with E-state index in [2.05, 4.69) is 15.6 Å². The molecule has 0 unspecified atom stereocenters. The highest BCUT2D eigenvalue weighted by atomic mass is 35.5. The van der Waals surface area contributed by atoms with Gasteiger partial charge in [0.15, 0.2) is 11.5 Å². The van der Waals surface area contributed by atoms with Gasteiger partial charge in [0.1, 0.15) is 5.82 Å². The first-order valence-corrected chi connectivity index (χ1v) is 8.90. The zero-order valence-electron chi connectivity index (χ0n) is 15.7. The zero-order valence-corrected chi connectivity index (χ0v) is 16.5. The standard InChI is InChI=1S/C21H20ClN3O3/c1-13-10-15(22)4-6-17(13)25-20-11-14(8-9-23-20)21(26)24-16-5-7-18(27-2)19(12-16)28-3/h4-12H,1-3H3,(H,23,25)(H,24,26). The number of anilines is 3. The SMILES string of the molecule is COc1ccc(NC(=O)c2ccnc(Nc3ccc(Cl)cc3C)c2)cc1OC. The van der Waals surface area contributed by atoms with E-state index in [1.54, 1.807) is 56.8 Å². The van der Waals surface area contributed by atoms with Crippen LogP contribution in [0.4, 0.5) is 17.2 Å². The molecule has 0 saturated heterocycles. The van der Waals surface area contributed by atoms with Crippen molar-refractivity contribution in [3.05, 3.63) is 70.9 Å². The van der Waals surface area contributed by atoms with E-state index >= 15 is 0 Å². The van der Waals surface area contributed by atoms with E-state index in [9.17, 15) is 4.79 Å². The van der Waals surface area contributed by atoms with Gasteiger partial charge in [-0.3, -0.25) is 4.79 Å². The number of hydrogen-bond acceptors (Lipinski definition) is 5. The lowest BCUT2D eigenvalue weighted by molar-refractivity contribution is 0.102. The summed E-state index contributed by atoms with van der Waals surface area (Å²) in [6.45, 7) is 1.95. The maximum Gasteiger partial charge on any atom is 0.255 e.